The van der Waals surface area contributed by atoms with Gasteiger partial charge in [0.05, 0.1) is 11.4 Å². The maximum Gasteiger partial charge on any atom is 0.243 e. The summed E-state index contributed by atoms with van der Waals surface area (Å²) in [6, 6.07) is 8.54. The molecule has 184 valence electrons. The Morgan fingerprint density at radius 2 is 1.74 bits per heavy atom. The van der Waals surface area contributed by atoms with Crippen molar-refractivity contribution in [3.63, 3.8) is 0 Å². The third-order valence-electron chi connectivity index (χ3n) is 6.26. The zero-order chi connectivity index (χ0) is 24.3. The minimum atomic E-state index is -3.51. The monoisotopic (exact) mass is 486 g/mol. The number of piperazine rings is 1. The Morgan fingerprint density at radius 3 is 2.41 bits per heavy atom. The maximum atomic E-state index is 12.8. The van der Waals surface area contributed by atoms with Crippen LogP contribution in [0.25, 0.3) is 0 Å². The minimum absolute atomic E-state index is 0.149. The number of hydrogen-bond donors (Lipinski definition) is 1. The molecule has 3 heterocycles. The van der Waals surface area contributed by atoms with Crippen LogP contribution in [0.5, 0.6) is 0 Å². The fourth-order valence-electron chi connectivity index (χ4n) is 4.35. The molecule has 0 saturated carbocycles. The first kappa shape index (κ1) is 24.6. The van der Waals surface area contributed by atoms with Crippen molar-refractivity contribution in [2.45, 2.75) is 44.4 Å². The second-order valence-electron chi connectivity index (χ2n) is 9.33. The average Bonchev–Trinajstić information content (AvgIpc) is 3.35. The predicted octanol–water partition coefficient (Wildman–Crippen LogP) is 2.45. The van der Waals surface area contributed by atoms with Gasteiger partial charge in [-0.25, -0.2) is 18.4 Å². The van der Waals surface area contributed by atoms with Crippen LogP contribution in [0.1, 0.15) is 44.1 Å². The van der Waals surface area contributed by atoms with Gasteiger partial charge in [0.25, 0.3) is 0 Å². The van der Waals surface area contributed by atoms with Gasteiger partial charge in [-0.3, -0.25) is 9.69 Å². The molecule has 0 spiro atoms. The van der Waals surface area contributed by atoms with E-state index in [2.05, 4.69) is 33.9 Å². The molecule has 0 radical (unpaired) electrons. The number of sulfonamides is 1. The van der Waals surface area contributed by atoms with Crippen LogP contribution in [0.15, 0.2) is 35.2 Å². The van der Waals surface area contributed by atoms with Crippen molar-refractivity contribution in [2.24, 2.45) is 0 Å². The van der Waals surface area contributed by atoms with Crippen LogP contribution in [-0.4, -0.2) is 79.3 Å². The molecular weight excluding hydrogens is 452 g/mol. The molecule has 1 amide bonds. The quantitative estimate of drug-likeness (QED) is 0.642. The summed E-state index contributed by atoms with van der Waals surface area (Å²) in [4.78, 5) is 26.5. The number of hydrogen-bond acceptors (Lipinski definition) is 7. The van der Waals surface area contributed by atoms with Gasteiger partial charge in [-0.15, -0.1) is 0 Å². The summed E-state index contributed by atoms with van der Waals surface area (Å²) in [5, 5.41) is 2.86. The SMILES string of the molecule is Cc1cc(N2CCN(CC(=O)Nc3cccc(S(=O)(=O)N4CCCC4)c3)CC2)nc(C(C)C)n1. The second kappa shape index (κ2) is 10.4. The minimum Gasteiger partial charge on any atom is -0.354 e. The van der Waals surface area contributed by atoms with E-state index in [0.717, 1.165) is 56.4 Å². The Kier molecular flexibility index (Phi) is 7.49. The van der Waals surface area contributed by atoms with E-state index >= 15 is 0 Å². The van der Waals surface area contributed by atoms with Crippen molar-refractivity contribution in [2.75, 3.05) is 56.0 Å². The Labute approximate surface area is 202 Å². The molecular formula is C24H34N6O3S. The van der Waals surface area contributed by atoms with Crippen LogP contribution in [0.2, 0.25) is 0 Å². The second-order valence-corrected chi connectivity index (χ2v) is 11.3. The van der Waals surface area contributed by atoms with E-state index in [9.17, 15) is 13.2 Å². The smallest absolute Gasteiger partial charge is 0.243 e. The van der Waals surface area contributed by atoms with Crippen LogP contribution in [0.4, 0.5) is 11.5 Å². The van der Waals surface area contributed by atoms with Crippen LogP contribution in [0.3, 0.4) is 0 Å². The van der Waals surface area contributed by atoms with E-state index < -0.39 is 10.0 Å². The van der Waals surface area contributed by atoms with E-state index in [1.54, 1.807) is 24.3 Å². The number of aryl methyl sites for hydroxylation is 1. The summed E-state index contributed by atoms with van der Waals surface area (Å²) < 4.78 is 27.1. The van der Waals surface area contributed by atoms with Crippen molar-refractivity contribution in [1.82, 2.24) is 19.2 Å². The highest BCUT2D eigenvalue weighted by atomic mass is 32.2. The van der Waals surface area contributed by atoms with Crippen LogP contribution < -0.4 is 10.2 Å². The van der Waals surface area contributed by atoms with Gasteiger partial charge in [-0.05, 0) is 38.0 Å². The lowest BCUT2D eigenvalue weighted by Crippen LogP contribution is -2.49. The Hall–Kier alpha value is -2.56. The highest BCUT2D eigenvalue weighted by Crippen LogP contribution is 2.23. The zero-order valence-corrected chi connectivity index (χ0v) is 21.0. The van der Waals surface area contributed by atoms with E-state index in [4.69, 9.17) is 4.98 Å². The van der Waals surface area contributed by atoms with Gasteiger partial charge in [0.2, 0.25) is 15.9 Å². The summed E-state index contributed by atoms with van der Waals surface area (Å²) in [6.45, 7) is 10.6. The van der Waals surface area contributed by atoms with Crippen LogP contribution >= 0.6 is 0 Å². The van der Waals surface area contributed by atoms with Crippen LogP contribution in [-0.2, 0) is 14.8 Å². The van der Waals surface area contributed by atoms with Crippen molar-refractivity contribution in [3.05, 3.63) is 41.9 Å². The number of carbonyl (C=O) groups is 1. The van der Waals surface area contributed by atoms with E-state index in [1.165, 1.54) is 4.31 Å². The number of nitrogens with one attached hydrogen (secondary N) is 1. The first-order chi connectivity index (χ1) is 16.2. The molecule has 34 heavy (non-hydrogen) atoms. The number of anilines is 2. The molecule has 2 aliphatic rings. The standard InChI is InChI=1S/C24H34N6O3S/c1-18(2)24-25-19(3)15-22(27-24)29-13-11-28(12-14-29)17-23(31)26-20-7-6-8-21(16-20)34(32,33)30-9-4-5-10-30/h6-8,15-16,18H,4-5,9-14,17H2,1-3H3,(H,26,31). The van der Waals surface area contributed by atoms with Gasteiger partial charge in [0.15, 0.2) is 0 Å². The summed E-state index contributed by atoms with van der Waals surface area (Å²) in [5.74, 6) is 1.92. The third-order valence-corrected chi connectivity index (χ3v) is 8.15. The fourth-order valence-corrected chi connectivity index (χ4v) is 5.91. The molecule has 2 fully saturated rings. The summed E-state index contributed by atoms with van der Waals surface area (Å²) >= 11 is 0. The molecule has 0 atom stereocenters. The lowest BCUT2D eigenvalue weighted by Gasteiger charge is -2.35. The fraction of sp³-hybridized carbons (Fsp3) is 0.542. The number of aromatic nitrogens is 2. The highest BCUT2D eigenvalue weighted by Gasteiger charge is 2.27. The molecule has 4 rings (SSSR count). The number of benzene rings is 1. The predicted molar refractivity (Wildman–Crippen MR) is 133 cm³/mol. The first-order valence-corrected chi connectivity index (χ1v) is 13.4. The van der Waals surface area contributed by atoms with Crippen LogP contribution in [0, 0.1) is 6.92 Å². The van der Waals surface area contributed by atoms with Crippen molar-refractivity contribution >= 4 is 27.4 Å². The number of carbonyl (C=O) groups excluding carboxylic acids is 1. The van der Waals surface area contributed by atoms with Gasteiger partial charge in [0.1, 0.15) is 11.6 Å². The van der Waals surface area contributed by atoms with Crippen molar-refractivity contribution in [3.8, 4) is 0 Å². The number of nitrogens with zero attached hydrogens (tertiary/aromatic N) is 5. The molecule has 2 saturated heterocycles. The van der Waals surface area contributed by atoms with Crippen molar-refractivity contribution in [1.29, 1.82) is 0 Å². The largest absolute Gasteiger partial charge is 0.354 e. The van der Waals surface area contributed by atoms with Crippen molar-refractivity contribution < 1.29 is 13.2 Å². The van der Waals surface area contributed by atoms with E-state index in [1.807, 2.05) is 13.0 Å². The number of rotatable bonds is 7. The van der Waals surface area contributed by atoms with E-state index in [-0.39, 0.29) is 23.3 Å². The molecule has 2 aliphatic heterocycles. The average molecular weight is 487 g/mol. The molecule has 1 aromatic heterocycles. The van der Waals surface area contributed by atoms with Gasteiger partial charge in [-0.2, -0.15) is 4.31 Å². The highest BCUT2D eigenvalue weighted by molar-refractivity contribution is 7.89. The summed E-state index contributed by atoms with van der Waals surface area (Å²) in [6.07, 6.45) is 1.78. The van der Waals surface area contributed by atoms with Gasteiger partial charge in [0, 0.05) is 62.6 Å². The van der Waals surface area contributed by atoms with Gasteiger partial charge >= 0.3 is 0 Å². The topological polar surface area (TPSA) is 98.7 Å². The Bertz CT molecular complexity index is 1120. The summed E-state index contributed by atoms with van der Waals surface area (Å²) in [7, 11) is -3.51. The van der Waals surface area contributed by atoms with Gasteiger partial charge < -0.3 is 10.2 Å². The Morgan fingerprint density at radius 1 is 1.03 bits per heavy atom. The molecule has 2 aromatic rings. The molecule has 9 nitrogen and oxygen atoms in total. The molecule has 1 aromatic carbocycles. The lowest BCUT2D eigenvalue weighted by atomic mass is 10.2. The molecule has 0 unspecified atom stereocenters. The maximum absolute atomic E-state index is 12.8. The number of amides is 1. The molecule has 10 heteroatoms. The first-order valence-electron chi connectivity index (χ1n) is 12.0. The molecule has 1 N–H and O–H groups in total. The zero-order valence-electron chi connectivity index (χ0n) is 20.2. The summed E-state index contributed by atoms with van der Waals surface area (Å²) in [5.41, 5.74) is 1.46. The van der Waals surface area contributed by atoms with E-state index in [0.29, 0.717) is 18.8 Å². The Balaban J connectivity index is 1.32. The third kappa shape index (κ3) is 5.73. The molecule has 0 bridgehead atoms. The lowest BCUT2D eigenvalue weighted by molar-refractivity contribution is -0.117. The normalized spacial score (nSPS) is 17.9. The van der Waals surface area contributed by atoms with Gasteiger partial charge in [-0.1, -0.05) is 19.9 Å². The molecule has 0 aliphatic carbocycles.